The van der Waals surface area contributed by atoms with E-state index in [1.165, 1.54) is 6.92 Å². The molecule has 1 amide bonds. The van der Waals surface area contributed by atoms with Crippen molar-refractivity contribution >= 4 is 11.7 Å². The number of hydrogen-bond acceptors (Lipinski definition) is 3. The summed E-state index contributed by atoms with van der Waals surface area (Å²) in [6.45, 7) is -3.59. The molecule has 0 saturated heterocycles. The van der Waals surface area contributed by atoms with Crippen molar-refractivity contribution in [3.63, 3.8) is 0 Å². The van der Waals surface area contributed by atoms with Crippen LogP contribution in [0.5, 0.6) is 0 Å². The molecule has 0 saturated carbocycles. The molecule has 1 N–H and O–H groups in total. The first-order valence-corrected chi connectivity index (χ1v) is 5.48. The molecule has 1 atom stereocenters. The summed E-state index contributed by atoms with van der Waals surface area (Å²) < 4.78 is 75.7. The molecule has 0 spiro atoms. The Hall–Kier alpha value is -1.68. The van der Waals surface area contributed by atoms with E-state index in [-0.39, 0.29) is 5.56 Å². The maximum absolute atomic E-state index is 12.6. The lowest BCUT2D eigenvalue weighted by Gasteiger charge is -2.14. The standard InChI is InChI=1S/C15H21NO3/c1-11-4-6-13(7-5-11)9-16-15(18)14(10-19-3)8-12(2)17/h4-7,14H,8-10H2,1-3H3,(H,16,18)/i4D,5D,6D,7D,9D2,10D2,14D. The smallest absolute Gasteiger partial charge is 0.226 e. The lowest BCUT2D eigenvalue weighted by atomic mass is 10.0. The minimum Gasteiger partial charge on any atom is -0.384 e. The van der Waals surface area contributed by atoms with Gasteiger partial charge in [-0.2, -0.15) is 0 Å². The fourth-order valence-electron chi connectivity index (χ4n) is 1.17. The van der Waals surface area contributed by atoms with Crippen molar-refractivity contribution in [2.75, 3.05) is 13.7 Å². The first-order chi connectivity index (χ1) is 12.5. The second-order valence-corrected chi connectivity index (χ2v) is 3.74. The molecule has 0 aliphatic rings. The second kappa shape index (κ2) is 7.69. The highest BCUT2D eigenvalue weighted by Crippen LogP contribution is 2.07. The Labute approximate surface area is 126 Å². The van der Waals surface area contributed by atoms with Crippen LogP contribution in [0.2, 0.25) is 0 Å². The zero-order valence-corrected chi connectivity index (χ0v) is 10.9. The number of Topliss-reactive ketones (excluding diaryl/α,β-unsaturated/α-hetero) is 1. The van der Waals surface area contributed by atoms with Crippen LogP contribution in [0.3, 0.4) is 0 Å². The first-order valence-electron chi connectivity index (χ1n) is 9.98. The van der Waals surface area contributed by atoms with Gasteiger partial charge in [-0.05, 0) is 19.4 Å². The molecule has 0 radical (unpaired) electrons. The molecule has 0 bridgehead atoms. The van der Waals surface area contributed by atoms with Crippen molar-refractivity contribution in [1.82, 2.24) is 5.32 Å². The number of hydrogen-bond donors (Lipinski definition) is 1. The van der Waals surface area contributed by atoms with Gasteiger partial charge >= 0.3 is 0 Å². The Bertz CT molecular complexity index is 783. The van der Waals surface area contributed by atoms with Gasteiger partial charge in [-0.25, -0.2) is 0 Å². The minimum atomic E-state index is -2.99. The summed E-state index contributed by atoms with van der Waals surface area (Å²) in [4.78, 5) is 24.1. The number of methoxy groups -OCH3 is 1. The number of carbonyl (C=O) groups is 2. The summed E-state index contributed by atoms with van der Waals surface area (Å²) in [5.41, 5.74) is -0.785. The highest BCUT2D eigenvalue weighted by molar-refractivity contribution is 5.85. The molecule has 0 heterocycles. The molecule has 0 fully saturated rings. The van der Waals surface area contributed by atoms with Gasteiger partial charge in [-0.1, -0.05) is 29.7 Å². The third-order valence-corrected chi connectivity index (χ3v) is 1.98. The van der Waals surface area contributed by atoms with E-state index in [0.717, 1.165) is 14.0 Å². The molecule has 0 aromatic heterocycles. The van der Waals surface area contributed by atoms with E-state index in [2.05, 4.69) is 4.74 Å². The third-order valence-electron chi connectivity index (χ3n) is 1.98. The number of carbonyl (C=O) groups excluding carboxylic acids is 2. The SMILES string of the molecule is [2H]c1c([2H])c(C([2H])([2H])NC(=O)C([2H])(CC(C)=O)C([2H])([2H])OC)c([2H])c([2H])c1C. The predicted molar refractivity (Wildman–Crippen MR) is 73.7 cm³/mol. The Morgan fingerprint density at radius 3 is 2.63 bits per heavy atom. The molecule has 1 aromatic rings. The summed E-state index contributed by atoms with van der Waals surface area (Å²) in [6.07, 6.45) is -0.918. The van der Waals surface area contributed by atoms with Gasteiger partial charge in [0.1, 0.15) is 5.78 Å². The van der Waals surface area contributed by atoms with Crippen LogP contribution in [0.25, 0.3) is 0 Å². The van der Waals surface area contributed by atoms with Crippen LogP contribution in [0, 0.1) is 12.8 Å². The van der Waals surface area contributed by atoms with Gasteiger partial charge in [0, 0.05) is 21.4 Å². The van der Waals surface area contributed by atoms with Crippen LogP contribution in [0.4, 0.5) is 0 Å². The summed E-state index contributed by atoms with van der Waals surface area (Å²) >= 11 is 0. The maximum atomic E-state index is 12.6. The van der Waals surface area contributed by atoms with E-state index in [1.54, 1.807) is 5.32 Å². The molecule has 4 heteroatoms. The van der Waals surface area contributed by atoms with Crippen molar-refractivity contribution in [3.05, 3.63) is 35.3 Å². The van der Waals surface area contributed by atoms with Crippen LogP contribution < -0.4 is 5.32 Å². The van der Waals surface area contributed by atoms with Crippen molar-refractivity contribution < 1.29 is 26.7 Å². The Morgan fingerprint density at radius 1 is 1.47 bits per heavy atom. The van der Waals surface area contributed by atoms with E-state index < -0.39 is 66.8 Å². The molecular weight excluding hydrogens is 242 g/mol. The second-order valence-electron chi connectivity index (χ2n) is 3.74. The van der Waals surface area contributed by atoms with Crippen LogP contribution in [-0.4, -0.2) is 25.4 Å². The van der Waals surface area contributed by atoms with Crippen LogP contribution in [0.15, 0.2) is 24.2 Å². The molecule has 0 aliphatic carbocycles. The van der Waals surface area contributed by atoms with Crippen molar-refractivity contribution in [2.24, 2.45) is 5.89 Å². The van der Waals surface area contributed by atoms with E-state index in [1.807, 2.05) is 0 Å². The van der Waals surface area contributed by atoms with Gasteiger partial charge in [-0.3, -0.25) is 4.79 Å². The van der Waals surface area contributed by atoms with Crippen LogP contribution in [-0.2, 0) is 20.8 Å². The maximum Gasteiger partial charge on any atom is 0.226 e. The fourth-order valence-corrected chi connectivity index (χ4v) is 1.17. The lowest BCUT2D eigenvalue weighted by molar-refractivity contribution is -0.130. The van der Waals surface area contributed by atoms with E-state index in [9.17, 15) is 9.59 Å². The average Bonchev–Trinajstić information content (AvgIpc) is 2.56. The van der Waals surface area contributed by atoms with Crippen molar-refractivity contribution in [1.29, 1.82) is 0 Å². The molecule has 1 rings (SSSR count). The number of ketones is 1. The largest absolute Gasteiger partial charge is 0.384 e. The quantitative estimate of drug-likeness (QED) is 0.824. The van der Waals surface area contributed by atoms with Crippen LogP contribution >= 0.6 is 0 Å². The average molecular weight is 272 g/mol. The first kappa shape index (κ1) is 6.66. The molecular formula is C15H21NO3. The molecule has 19 heavy (non-hydrogen) atoms. The topological polar surface area (TPSA) is 55.4 Å². The number of benzene rings is 1. The van der Waals surface area contributed by atoms with E-state index >= 15 is 0 Å². The molecule has 104 valence electrons. The normalized spacial score (nSPS) is 21.9. The fraction of sp³-hybridized carbons (Fsp3) is 0.467. The Morgan fingerprint density at radius 2 is 2.11 bits per heavy atom. The zero-order chi connectivity index (χ0) is 22.2. The van der Waals surface area contributed by atoms with Gasteiger partial charge in [0.25, 0.3) is 0 Å². The summed E-state index contributed by atoms with van der Waals surface area (Å²) in [5, 5.41) is 1.74. The van der Waals surface area contributed by atoms with Gasteiger partial charge in [0.2, 0.25) is 5.91 Å². The van der Waals surface area contributed by atoms with Gasteiger partial charge in [-0.15, -0.1) is 0 Å². The van der Waals surface area contributed by atoms with Crippen molar-refractivity contribution in [2.45, 2.75) is 26.8 Å². The van der Waals surface area contributed by atoms with Gasteiger partial charge in [0.05, 0.1) is 23.4 Å². The van der Waals surface area contributed by atoms with Gasteiger partial charge < -0.3 is 14.8 Å². The lowest BCUT2D eigenvalue weighted by Crippen LogP contribution is -2.33. The molecule has 1 unspecified atom stereocenters. The summed E-state index contributed by atoms with van der Waals surface area (Å²) in [6, 6.07) is -2.44. The monoisotopic (exact) mass is 272 g/mol. The Balaban J connectivity index is 3.50. The van der Waals surface area contributed by atoms with Crippen molar-refractivity contribution in [3.8, 4) is 0 Å². The highest BCUT2D eigenvalue weighted by Gasteiger charge is 2.19. The molecule has 1 aromatic carbocycles. The third kappa shape index (κ3) is 5.66. The highest BCUT2D eigenvalue weighted by atomic mass is 16.5. The zero-order valence-electron chi connectivity index (χ0n) is 19.9. The Kier molecular flexibility index (Phi) is 2.69. The summed E-state index contributed by atoms with van der Waals surface area (Å²) in [5.74, 6) is -5.12. The number of ether oxygens (including phenoxy) is 1. The number of nitrogens with one attached hydrogen (secondary N) is 1. The van der Waals surface area contributed by atoms with E-state index in [0.29, 0.717) is 0 Å². The summed E-state index contributed by atoms with van der Waals surface area (Å²) in [7, 11) is 0.883. The molecule has 4 nitrogen and oxygen atoms in total. The number of rotatable bonds is 7. The van der Waals surface area contributed by atoms with Crippen LogP contribution in [0.1, 0.15) is 36.8 Å². The minimum absolute atomic E-state index is 0.0111. The number of amides is 1. The predicted octanol–water partition coefficient (Wildman–Crippen LogP) is 1.85. The van der Waals surface area contributed by atoms with Gasteiger partial charge in [0.15, 0.2) is 0 Å². The molecule has 0 aliphatic heterocycles. The van der Waals surface area contributed by atoms with E-state index in [4.69, 9.17) is 12.3 Å².